The van der Waals surface area contributed by atoms with Crippen molar-refractivity contribution < 1.29 is 19.1 Å². The molecular formula is C17H24N2O4. The molecule has 6 nitrogen and oxygen atoms in total. The molecule has 0 heterocycles. The highest BCUT2D eigenvalue weighted by molar-refractivity contribution is 5.94. The van der Waals surface area contributed by atoms with Crippen LogP contribution in [0.3, 0.4) is 0 Å². The minimum atomic E-state index is -0.342. The fourth-order valence-electron chi connectivity index (χ4n) is 1.92. The maximum atomic E-state index is 11.9. The number of ether oxygens (including phenoxy) is 1. The fourth-order valence-corrected chi connectivity index (χ4v) is 1.92. The summed E-state index contributed by atoms with van der Waals surface area (Å²) in [6.07, 6.45) is 0.123. The Hall–Kier alpha value is -2.37. The largest absolute Gasteiger partial charge is 0.463 e. The van der Waals surface area contributed by atoms with Gasteiger partial charge in [0.25, 0.3) is 5.91 Å². The van der Waals surface area contributed by atoms with Crippen molar-refractivity contribution in [3.63, 3.8) is 0 Å². The zero-order valence-electron chi connectivity index (χ0n) is 13.8. The molecule has 0 aliphatic carbocycles. The maximum absolute atomic E-state index is 11.9. The van der Waals surface area contributed by atoms with Crippen LogP contribution in [0.1, 0.15) is 44.0 Å². The number of esters is 1. The van der Waals surface area contributed by atoms with Gasteiger partial charge in [0.2, 0.25) is 5.91 Å². The first-order valence-corrected chi connectivity index (χ1v) is 7.70. The number of nitrogens with one attached hydrogen (secondary N) is 2. The van der Waals surface area contributed by atoms with Crippen LogP contribution >= 0.6 is 0 Å². The van der Waals surface area contributed by atoms with E-state index < -0.39 is 0 Å². The average Bonchev–Trinajstić information content (AvgIpc) is 2.47. The van der Waals surface area contributed by atoms with Gasteiger partial charge in [-0.2, -0.15) is 0 Å². The van der Waals surface area contributed by atoms with Crippen LogP contribution in [-0.2, 0) is 14.3 Å². The zero-order chi connectivity index (χ0) is 17.2. The van der Waals surface area contributed by atoms with Crippen molar-refractivity contribution in [3.05, 3.63) is 35.9 Å². The van der Waals surface area contributed by atoms with E-state index in [2.05, 4.69) is 10.6 Å². The van der Waals surface area contributed by atoms with Crippen LogP contribution in [0.25, 0.3) is 0 Å². The summed E-state index contributed by atoms with van der Waals surface area (Å²) in [6.45, 7) is 5.53. The molecule has 0 fully saturated rings. The van der Waals surface area contributed by atoms with E-state index in [1.165, 1.54) is 0 Å². The summed E-state index contributed by atoms with van der Waals surface area (Å²) in [4.78, 5) is 35.0. The summed E-state index contributed by atoms with van der Waals surface area (Å²) in [7, 11) is 0. The smallest absolute Gasteiger partial charge is 0.307 e. The molecule has 1 unspecified atom stereocenters. The van der Waals surface area contributed by atoms with E-state index >= 15 is 0 Å². The molecule has 23 heavy (non-hydrogen) atoms. The molecule has 1 aromatic carbocycles. The molecule has 126 valence electrons. The molecule has 0 saturated heterocycles. The highest BCUT2D eigenvalue weighted by Crippen LogP contribution is 2.00. The van der Waals surface area contributed by atoms with E-state index in [0.29, 0.717) is 5.56 Å². The Balaban J connectivity index is 2.26. The Kier molecular flexibility index (Phi) is 7.80. The zero-order valence-corrected chi connectivity index (χ0v) is 13.8. The van der Waals surface area contributed by atoms with Crippen molar-refractivity contribution in [2.24, 2.45) is 0 Å². The minimum absolute atomic E-state index is 0.134. The van der Waals surface area contributed by atoms with Crippen LogP contribution in [-0.4, -0.2) is 36.5 Å². The summed E-state index contributed by atoms with van der Waals surface area (Å²) in [5, 5.41) is 5.40. The lowest BCUT2D eigenvalue weighted by Gasteiger charge is -2.14. The van der Waals surface area contributed by atoms with Gasteiger partial charge < -0.3 is 15.4 Å². The number of hydrogen-bond donors (Lipinski definition) is 2. The average molecular weight is 320 g/mol. The van der Waals surface area contributed by atoms with Crippen molar-refractivity contribution in [1.82, 2.24) is 10.6 Å². The Bertz CT molecular complexity index is 529. The third kappa shape index (κ3) is 7.99. The SMILES string of the molecule is CC(CC(=O)NCCC(=O)OC(C)C)NC(=O)c1ccccc1. The van der Waals surface area contributed by atoms with Crippen molar-refractivity contribution in [3.8, 4) is 0 Å². The monoisotopic (exact) mass is 320 g/mol. The number of amides is 2. The molecule has 0 radical (unpaired) electrons. The second kappa shape index (κ2) is 9.61. The van der Waals surface area contributed by atoms with Crippen LogP contribution in [0.2, 0.25) is 0 Å². The predicted octanol–water partition coefficient (Wildman–Crippen LogP) is 1.65. The topological polar surface area (TPSA) is 84.5 Å². The van der Waals surface area contributed by atoms with Crippen LogP contribution in [0, 0.1) is 0 Å². The van der Waals surface area contributed by atoms with E-state index in [0.717, 1.165) is 0 Å². The summed E-state index contributed by atoms with van der Waals surface area (Å²) in [5.74, 6) is -0.777. The highest BCUT2D eigenvalue weighted by Gasteiger charge is 2.13. The van der Waals surface area contributed by atoms with Crippen molar-refractivity contribution in [2.45, 2.75) is 45.8 Å². The molecule has 1 aromatic rings. The molecule has 6 heteroatoms. The van der Waals surface area contributed by atoms with Crippen LogP contribution in [0.4, 0.5) is 0 Å². The standard InChI is InChI=1S/C17H24N2O4/c1-12(2)23-16(21)9-10-18-15(20)11-13(3)19-17(22)14-7-5-4-6-8-14/h4-8,12-13H,9-11H2,1-3H3,(H,18,20)(H,19,22). The molecule has 2 amide bonds. The van der Waals surface area contributed by atoms with E-state index in [4.69, 9.17) is 4.74 Å². The lowest BCUT2D eigenvalue weighted by Crippen LogP contribution is -2.37. The van der Waals surface area contributed by atoms with E-state index in [1.54, 1.807) is 45.0 Å². The third-order valence-electron chi connectivity index (χ3n) is 2.92. The fraction of sp³-hybridized carbons (Fsp3) is 0.471. The van der Waals surface area contributed by atoms with Gasteiger partial charge in [-0.05, 0) is 32.9 Å². The summed E-state index contributed by atoms with van der Waals surface area (Å²) in [5.41, 5.74) is 0.552. The van der Waals surface area contributed by atoms with Gasteiger partial charge >= 0.3 is 5.97 Å². The Morgan fingerprint density at radius 2 is 1.74 bits per heavy atom. The Morgan fingerprint density at radius 3 is 2.35 bits per heavy atom. The lowest BCUT2D eigenvalue weighted by atomic mass is 10.1. The van der Waals surface area contributed by atoms with Crippen molar-refractivity contribution in [1.29, 1.82) is 0 Å². The van der Waals surface area contributed by atoms with Crippen LogP contribution in [0.5, 0.6) is 0 Å². The third-order valence-corrected chi connectivity index (χ3v) is 2.92. The van der Waals surface area contributed by atoms with Gasteiger partial charge in [-0.1, -0.05) is 18.2 Å². The molecule has 0 saturated carbocycles. The molecule has 1 atom stereocenters. The number of carbonyl (C=O) groups is 3. The van der Waals surface area contributed by atoms with Gasteiger partial charge in [0.15, 0.2) is 0 Å². The highest BCUT2D eigenvalue weighted by atomic mass is 16.5. The van der Waals surface area contributed by atoms with Gasteiger partial charge in [0.05, 0.1) is 12.5 Å². The van der Waals surface area contributed by atoms with E-state index in [-0.39, 0.29) is 49.3 Å². The minimum Gasteiger partial charge on any atom is -0.463 e. The molecule has 0 aliphatic rings. The normalized spacial score (nSPS) is 11.7. The first-order chi connectivity index (χ1) is 10.9. The molecule has 2 N–H and O–H groups in total. The first-order valence-electron chi connectivity index (χ1n) is 7.70. The summed E-state index contributed by atoms with van der Waals surface area (Å²) >= 11 is 0. The second-order valence-corrected chi connectivity index (χ2v) is 5.58. The van der Waals surface area contributed by atoms with Gasteiger partial charge in [-0.25, -0.2) is 0 Å². The predicted molar refractivity (Wildman–Crippen MR) is 86.8 cm³/mol. The first kappa shape index (κ1) is 18.7. The molecule has 0 spiro atoms. The molecule has 1 rings (SSSR count). The number of hydrogen-bond acceptors (Lipinski definition) is 4. The van der Waals surface area contributed by atoms with Gasteiger partial charge in [0, 0.05) is 24.6 Å². The lowest BCUT2D eigenvalue weighted by molar-refractivity contribution is -0.147. The molecule has 0 aromatic heterocycles. The summed E-state index contributed by atoms with van der Waals surface area (Å²) in [6, 6.07) is 8.51. The van der Waals surface area contributed by atoms with E-state index in [9.17, 15) is 14.4 Å². The van der Waals surface area contributed by atoms with Crippen LogP contribution < -0.4 is 10.6 Å². The number of benzene rings is 1. The van der Waals surface area contributed by atoms with E-state index in [1.807, 2.05) is 6.07 Å². The maximum Gasteiger partial charge on any atom is 0.307 e. The van der Waals surface area contributed by atoms with Crippen molar-refractivity contribution in [2.75, 3.05) is 6.54 Å². The van der Waals surface area contributed by atoms with Gasteiger partial charge in [-0.15, -0.1) is 0 Å². The van der Waals surface area contributed by atoms with Gasteiger partial charge in [0.1, 0.15) is 0 Å². The number of carbonyl (C=O) groups excluding carboxylic acids is 3. The molecule has 0 bridgehead atoms. The summed E-state index contributed by atoms with van der Waals surface area (Å²) < 4.78 is 4.97. The van der Waals surface area contributed by atoms with Crippen LogP contribution in [0.15, 0.2) is 30.3 Å². The molecule has 0 aliphatic heterocycles. The van der Waals surface area contributed by atoms with Crippen molar-refractivity contribution >= 4 is 17.8 Å². The Morgan fingerprint density at radius 1 is 1.09 bits per heavy atom. The number of rotatable bonds is 8. The molecular weight excluding hydrogens is 296 g/mol. The van der Waals surface area contributed by atoms with Gasteiger partial charge in [-0.3, -0.25) is 14.4 Å². The Labute approximate surface area is 136 Å². The quantitative estimate of drug-likeness (QED) is 0.713. The second-order valence-electron chi connectivity index (χ2n) is 5.58.